The monoisotopic (exact) mass is 390 g/mol. The second-order valence-corrected chi connectivity index (χ2v) is 6.84. The highest BCUT2D eigenvalue weighted by atomic mass is 16.4. The van der Waals surface area contributed by atoms with Crippen LogP contribution in [0.25, 0.3) is 11.5 Å². The van der Waals surface area contributed by atoms with Crippen molar-refractivity contribution >= 4 is 29.4 Å². The Balaban J connectivity index is 1.52. The van der Waals surface area contributed by atoms with Crippen LogP contribution in [0, 0.1) is 13.8 Å². The molecule has 3 amide bonds. The van der Waals surface area contributed by atoms with E-state index in [-0.39, 0.29) is 36.2 Å². The van der Waals surface area contributed by atoms with Crippen LogP contribution < -0.4 is 10.2 Å². The predicted molar refractivity (Wildman–Crippen MR) is 105 cm³/mol. The van der Waals surface area contributed by atoms with E-state index < -0.39 is 5.91 Å². The Bertz CT molecular complexity index is 1120. The smallest absolute Gasteiger partial charge is 0.322 e. The zero-order chi connectivity index (χ0) is 20.5. The summed E-state index contributed by atoms with van der Waals surface area (Å²) in [6, 6.07) is 12.0. The first-order chi connectivity index (χ1) is 13.9. The maximum absolute atomic E-state index is 12.6. The molecule has 1 aromatic heterocycles. The zero-order valence-corrected chi connectivity index (χ0v) is 15.9. The van der Waals surface area contributed by atoms with Crippen molar-refractivity contribution in [3.05, 3.63) is 59.2 Å². The number of hydrogen-bond acceptors (Lipinski definition) is 6. The number of imide groups is 1. The van der Waals surface area contributed by atoms with Gasteiger partial charge in [-0.2, -0.15) is 0 Å². The fourth-order valence-corrected chi connectivity index (χ4v) is 3.08. The van der Waals surface area contributed by atoms with E-state index in [1.54, 1.807) is 18.2 Å². The Kier molecular flexibility index (Phi) is 4.67. The molecule has 1 fully saturated rings. The van der Waals surface area contributed by atoms with E-state index in [4.69, 9.17) is 4.42 Å². The summed E-state index contributed by atoms with van der Waals surface area (Å²) in [5.74, 6) is -0.739. The van der Waals surface area contributed by atoms with Gasteiger partial charge in [0.1, 0.15) is 0 Å². The van der Waals surface area contributed by atoms with Crippen LogP contribution in [0.2, 0.25) is 0 Å². The van der Waals surface area contributed by atoms with Crippen molar-refractivity contribution in [2.24, 2.45) is 0 Å². The lowest BCUT2D eigenvalue weighted by Gasteiger charge is -2.14. The number of anilines is 2. The molecule has 2 heterocycles. The first-order valence-corrected chi connectivity index (χ1v) is 9.11. The molecule has 0 unspecified atom stereocenters. The molecule has 8 nitrogen and oxygen atoms in total. The molecule has 1 aliphatic rings. The molecule has 4 rings (SSSR count). The van der Waals surface area contributed by atoms with Gasteiger partial charge in [0, 0.05) is 24.0 Å². The topological polar surface area (TPSA) is 105 Å². The molecule has 0 saturated carbocycles. The van der Waals surface area contributed by atoms with E-state index in [9.17, 15) is 14.4 Å². The van der Waals surface area contributed by atoms with Crippen LogP contribution in [0.3, 0.4) is 0 Å². The lowest BCUT2D eigenvalue weighted by molar-refractivity contribution is -0.121. The number of hydrogen-bond donors (Lipinski definition) is 1. The zero-order valence-electron chi connectivity index (χ0n) is 15.9. The molecule has 3 aromatic rings. The van der Waals surface area contributed by atoms with Gasteiger partial charge in [-0.1, -0.05) is 17.2 Å². The summed E-state index contributed by atoms with van der Waals surface area (Å²) in [6.07, 6.45) is 0.358. The van der Waals surface area contributed by atoms with Crippen LogP contribution in [-0.2, 0) is 9.59 Å². The Morgan fingerprint density at radius 3 is 2.48 bits per heavy atom. The minimum Gasteiger partial charge on any atom is -0.403 e. The average Bonchev–Trinajstić information content (AvgIpc) is 3.30. The van der Waals surface area contributed by atoms with Gasteiger partial charge in [0.05, 0.1) is 5.69 Å². The van der Waals surface area contributed by atoms with Gasteiger partial charge in [-0.05, 0) is 55.3 Å². The normalized spacial score (nSPS) is 13.8. The number of benzene rings is 2. The number of nitrogens with zero attached hydrogens (tertiary/aromatic N) is 3. The Morgan fingerprint density at radius 1 is 1.00 bits per heavy atom. The van der Waals surface area contributed by atoms with Gasteiger partial charge in [0.25, 0.3) is 5.91 Å². The first-order valence-electron chi connectivity index (χ1n) is 9.11. The SMILES string of the molecule is Cc1ccc(-c2nnc(NC(=O)c3cccc(N4C(=O)CCC4=O)c3)o2)cc1C. The van der Waals surface area contributed by atoms with Gasteiger partial charge < -0.3 is 4.42 Å². The Hall–Kier alpha value is -3.81. The Labute approximate surface area is 166 Å². The second kappa shape index (κ2) is 7.31. The molecular weight excluding hydrogens is 372 g/mol. The van der Waals surface area contributed by atoms with Crippen LogP contribution in [-0.4, -0.2) is 27.9 Å². The summed E-state index contributed by atoms with van der Waals surface area (Å²) >= 11 is 0. The van der Waals surface area contributed by atoms with Crippen molar-refractivity contribution in [1.82, 2.24) is 10.2 Å². The number of carbonyl (C=O) groups excluding carboxylic acids is 3. The fourth-order valence-electron chi connectivity index (χ4n) is 3.08. The molecule has 0 bridgehead atoms. The van der Waals surface area contributed by atoms with E-state index in [1.807, 2.05) is 32.0 Å². The van der Waals surface area contributed by atoms with Gasteiger partial charge in [-0.3, -0.25) is 24.6 Å². The second-order valence-electron chi connectivity index (χ2n) is 6.84. The van der Waals surface area contributed by atoms with E-state index in [2.05, 4.69) is 15.5 Å². The average molecular weight is 390 g/mol. The summed E-state index contributed by atoms with van der Waals surface area (Å²) in [7, 11) is 0. The maximum Gasteiger partial charge on any atom is 0.322 e. The van der Waals surface area contributed by atoms with Gasteiger partial charge in [0.15, 0.2) is 0 Å². The van der Waals surface area contributed by atoms with Crippen LogP contribution in [0.15, 0.2) is 46.9 Å². The highest BCUT2D eigenvalue weighted by Crippen LogP contribution is 2.25. The molecule has 8 heteroatoms. The summed E-state index contributed by atoms with van der Waals surface area (Å²) in [4.78, 5) is 37.5. The van der Waals surface area contributed by atoms with Crippen molar-refractivity contribution in [3.63, 3.8) is 0 Å². The molecule has 0 radical (unpaired) electrons. The minimum absolute atomic E-state index is 0.0399. The lowest BCUT2D eigenvalue weighted by Crippen LogP contribution is -2.28. The third-order valence-electron chi connectivity index (χ3n) is 4.82. The predicted octanol–water partition coefficient (Wildman–Crippen LogP) is 3.26. The molecular formula is C21H18N4O4. The minimum atomic E-state index is -0.485. The summed E-state index contributed by atoms with van der Waals surface area (Å²) in [6.45, 7) is 4.00. The number of amides is 3. The number of rotatable bonds is 4. The third-order valence-corrected chi connectivity index (χ3v) is 4.82. The van der Waals surface area contributed by atoms with Gasteiger partial charge in [-0.25, -0.2) is 0 Å². The quantitative estimate of drug-likeness (QED) is 0.686. The number of carbonyl (C=O) groups is 3. The molecule has 0 atom stereocenters. The van der Waals surface area contributed by atoms with Crippen molar-refractivity contribution < 1.29 is 18.8 Å². The molecule has 29 heavy (non-hydrogen) atoms. The van der Waals surface area contributed by atoms with E-state index >= 15 is 0 Å². The van der Waals surface area contributed by atoms with E-state index in [0.29, 0.717) is 11.6 Å². The number of nitrogens with one attached hydrogen (secondary N) is 1. The third kappa shape index (κ3) is 3.64. The molecule has 1 N–H and O–H groups in total. The molecule has 2 aromatic carbocycles. The highest BCUT2D eigenvalue weighted by Gasteiger charge is 2.30. The first kappa shape index (κ1) is 18.5. The molecule has 1 aliphatic heterocycles. The number of aryl methyl sites for hydroxylation is 2. The summed E-state index contributed by atoms with van der Waals surface area (Å²) < 4.78 is 5.55. The van der Waals surface area contributed by atoms with Crippen LogP contribution in [0.5, 0.6) is 0 Å². The highest BCUT2D eigenvalue weighted by molar-refractivity contribution is 6.20. The number of aromatic nitrogens is 2. The van der Waals surface area contributed by atoms with Gasteiger partial charge in [0.2, 0.25) is 17.7 Å². The van der Waals surface area contributed by atoms with Crippen molar-refractivity contribution in [2.75, 3.05) is 10.2 Å². The summed E-state index contributed by atoms with van der Waals surface area (Å²) in [5, 5.41) is 10.4. The summed E-state index contributed by atoms with van der Waals surface area (Å²) in [5.41, 5.74) is 3.63. The van der Waals surface area contributed by atoms with Crippen LogP contribution in [0.1, 0.15) is 34.3 Å². The van der Waals surface area contributed by atoms with E-state index in [0.717, 1.165) is 21.6 Å². The van der Waals surface area contributed by atoms with Crippen LogP contribution >= 0.6 is 0 Å². The molecule has 146 valence electrons. The van der Waals surface area contributed by atoms with Crippen LogP contribution in [0.4, 0.5) is 11.7 Å². The van der Waals surface area contributed by atoms with Crippen molar-refractivity contribution in [3.8, 4) is 11.5 Å². The lowest BCUT2D eigenvalue weighted by atomic mass is 10.1. The maximum atomic E-state index is 12.6. The Morgan fingerprint density at radius 2 is 1.76 bits per heavy atom. The van der Waals surface area contributed by atoms with Crippen molar-refractivity contribution in [2.45, 2.75) is 26.7 Å². The van der Waals surface area contributed by atoms with E-state index in [1.165, 1.54) is 6.07 Å². The van der Waals surface area contributed by atoms with Gasteiger partial charge >= 0.3 is 6.01 Å². The standard InChI is InChI=1S/C21H18N4O4/c1-12-6-7-15(10-13(12)2)20-23-24-21(29-20)22-19(28)14-4-3-5-16(11-14)25-17(26)8-9-18(25)27/h3-7,10-11H,8-9H2,1-2H3,(H,22,24,28). The molecule has 0 spiro atoms. The molecule has 1 saturated heterocycles. The van der Waals surface area contributed by atoms with Gasteiger partial charge in [-0.15, -0.1) is 5.10 Å². The van der Waals surface area contributed by atoms with Crippen molar-refractivity contribution in [1.29, 1.82) is 0 Å². The molecule has 0 aliphatic carbocycles. The fraction of sp³-hybridized carbons (Fsp3) is 0.190. The largest absolute Gasteiger partial charge is 0.403 e.